The van der Waals surface area contributed by atoms with E-state index in [2.05, 4.69) is 146 Å². The molecule has 3 heteroatoms. The van der Waals surface area contributed by atoms with E-state index < -0.39 is 0 Å². The number of furan rings is 3. The van der Waals surface area contributed by atoms with Crippen LogP contribution < -0.4 is 0 Å². The van der Waals surface area contributed by atoms with Crippen molar-refractivity contribution in [3.8, 4) is 33.4 Å². The van der Waals surface area contributed by atoms with E-state index in [1.54, 1.807) is 0 Å². The van der Waals surface area contributed by atoms with Crippen molar-refractivity contribution < 1.29 is 13.3 Å². The van der Waals surface area contributed by atoms with Crippen molar-refractivity contribution in [1.82, 2.24) is 0 Å². The van der Waals surface area contributed by atoms with Gasteiger partial charge in [-0.1, -0.05) is 127 Å². The molecule has 3 aromatic heterocycles. The van der Waals surface area contributed by atoms with Gasteiger partial charge in [-0.05, 0) is 96.5 Å². The highest BCUT2D eigenvalue weighted by Crippen LogP contribution is 2.48. The SMILES string of the molecule is c1ccc(-c2coc3c2ccc2oc4cc(-c5c6ccccc6c(-c6cccc7c6ccc6oc8ccccc8c67)c6ccccc56)ccc4c23)cc1. The average molecular weight is 677 g/mol. The zero-order valence-corrected chi connectivity index (χ0v) is 28.4. The number of fused-ring (bicyclic) bond motifs is 12. The summed E-state index contributed by atoms with van der Waals surface area (Å²) in [6.07, 6.45) is 1.86. The molecule has 0 amide bonds. The van der Waals surface area contributed by atoms with Gasteiger partial charge in [0.15, 0.2) is 0 Å². The Morgan fingerprint density at radius 2 is 0.887 bits per heavy atom. The fourth-order valence-electron chi connectivity index (χ4n) is 8.88. The van der Waals surface area contributed by atoms with Gasteiger partial charge in [0.1, 0.15) is 27.9 Å². The summed E-state index contributed by atoms with van der Waals surface area (Å²) in [6, 6.07) is 58.2. The Labute approximate surface area is 302 Å². The summed E-state index contributed by atoms with van der Waals surface area (Å²) in [5, 5.41) is 12.6. The van der Waals surface area contributed by atoms with Crippen LogP contribution in [0.1, 0.15) is 0 Å². The van der Waals surface area contributed by atoms with Gasteiger partial charge >= 0.3 is 0 Å². The Hall–Kier alpha value is -7.10. The van der Waals surface area contributed by atoms with Crippen LogP contribution in [0.2, 0.25) is 0 Å². The van der Waals surface area contributed by atoms with Crippen molar-refractivity contribution >= 4 is 87.2 Å². The van der Waals surface area contributed by atoms with Crippen LogP contribution in [0.5, 0.6) is 0 Å². The van der Waals surface area contributed by atoms with Gasteiger partial charge in [-0.2, -0.15) is 0 Å². The lowest BCUT2D eigenvalue weighted by atomic mass is 9.84. The number of para-hydroxylation sites is 1. The molecule has 0 saturated carbocycles. The summed E-state index contributed by atoms with van der Waals surface area (Å²) in [5.74, 6) is 0. The van der Waals surface area contributed by atoms with E-state index in [0.717, 1.165) is 71.5 Å². The van der Waals surface area contributed by atoms with Gasteiger partial charge in [-0.25, -0.2) is 0 Å². The molecule has 0 aliphatic carbocycles. The van der Waals surface area contributed by atoms with Crippen LogP contribution in [-0.2, 0) is 0 Å². The second-order valence-corrected chi connectivity index (χ2v) is 13.9. The maximum absolute atomic E-state index is 6.59. The monoisotopic (exact) mass is 676 g/mol. The first kappa shape index (κ1) is 28.6. The minimum Gasteiger partial charge on any atom is -0.463 e. The van der Waals surface area contributed by atoms with E-state index in [4.69, 9.17) is 13.3 Å². The van der Waals surface area contributed by atoms with E-state index in [1.165, 1.54) is 49.0 Å². The van der Waals surface area contributed by atoms with Crippen LogP contribution in [0.4, 0.5) is 0 Å². The molecule has 0 fully saturated rings. The van der Waals surface area contributed by atoms with Crippen LogP contribution in [-0.4, -0.2) is 0 Å². The van der Waals surface area contributed by atoms with Gasteiger partial charge in [0.25, 0.3) is 0 Å². The summed E-state index contributed by atoms with van der Waals surface area (Å²) >= 11 is 0. The molecule has 9 aromatic carbocycles. The number of hydrogen-bond donors (Lipinski definition) is 0. The van der Waals surface area contributed by atoms with Crippen molar-refractivity contribution in [2.45, 2.75) is 0 Å². The molecular formula is C50H28O3. The summed E-state index contributed by atoms with van der Waals surface area (Å²) in [7, 11) is 0. The van der Waals surface area contributed by atoms with Crippen LogP contribution in [0.15, 0.2) is 183 Å². The molecule has 0 bridgehead atoms. The summed E-state index contributed by atoms with van der Waals surface area (Å²) in [6.45, 7) is 0. The van der Waals surface area contributed by atoms with Gasteiger partial charge in [-0.15, -0.1) is 0 Å². The van der Waals surface area contributed by atoms with Gasteiger partial charge in [-0.3, -0.25) is 0 Å². The summed E-state index contributed by atoms with van der Waals surface area (Å²) in [5.41, 5.74) is 11.3. The molecule has 0 unspecified atom stereocenters. The summed E-state index contributed by atoms with van der Waals surface area (Å²) in [4.78, 5) is 0. The molecule has 0 saturated heterocycles. The first-order valence-corrected chi connectivity index (χ1v) is 18.0. The van der Waals surface area contributed by atoms with E-state index in [0.29, 0.717) is 0 Å². The van der Waals surface area contributed by atoms with Crippen molar-refractivity contribution in [1.29, 1.82) is 0 Å². The second kappa shape index (κ2) is 10.7. The van der Waals surface area contributed by atoms with Gasteiger partial charge < -0.3 is 13.3 Å². The van der Waals surface area contributed by atoms with Gasteiger partial charge in [0.2, 0.25) is 0 Å². The molecule has 3 nitrogen and oxygen atoms in total. The Bertz CT molecular complexity index is 3390. The third-order valence-electron chi connectivity index (χ3n) is 11.1. The van der Waals surface area contributed by atoms with E-state index in [1.807, 2.05) is 24.5 Å². The highest BCUT2D eigenvalue weighted by atomic mass is 16.3. The van der Waals surface area contributed by atoms with E-state index in [-0.39, 0.29) is 0 Å². The van der Waals surface area contributed by atoms with Crippen LogP contribution >= 0.6 is 0 Å². The van der Waals surface area contributed by atoms with E-state index >= 15 is 0 Å². The third kappa shape index (κ3) is 3.99. The number of rotatable bonds is 3. The third-order valence-corrected chi connectivity index (χ3v) is 11.1. The lowest BCUT2D eigenvalue weighted by Gasteiger charge is -2.19. The Morgan fingerprint density at radius 3 is 1.66 bits per heavy atom. The zero-order chi connectivity index (χ0) is 34.6. The lowest BCUT2D eigenvalue weighted by molar-refractivity contribution is 0.619. The topological polar surface area (TPSA) is 39.4 Å². The predicted octanol–water partition coefficient (Wildman–Crippen LogP) is 14.7. The number of hydrogen-bond acceptors (Lipinski definition) is 3. The molecule has 3 heterocycles. The Kier molecular flexibility index (Phi) is 5.77. The summed E-state index contributed by atoms with van der Waals surface area (Å²) < 4.78 is 19.2. The minimum atomic E-state index is 0.819. The Balaban J connectivity index is 1.10. The van der Waals surface area contributed by atoms with Crippen LogP contribution in [0, 0.1) is 0 Å². The lowest BCUT2D eigenvalue weighted by Crippen LogP contribution is -1.91. The standard InChI is InChI=1S/C50H28O3/c1-2-11-29(12-3-1)41-28-51-50-38(41)24-26-44-49(50)40-22-21-30(27-45(40)53-44)46-34-13-4-6-15-36(34)47(37-16-7-5-14-35(37)46)32-18-10-19-33-31(32)23-25-43-48(33)39-17-8-9-20-42(39)52-43/h1-28H. The maximum atomic E-state index is 6.59. The van der Waals surface area contributed by atoms with Gasteiger partial charge in [0, 0.05) is 27.1 Å². The van der Waals surface area contributed by atoms with Crippen molar-refractivity contribution in [2.75, 3.05) is 0 Å². The fourth-order valence-corrected chi connectivity index (χ4v) is 8.88. The molecule has 12 rings (SSSR count). The largest absolute Gasteiger partial charge is 0.463 e. The fraction of sp³-hybridized carbons (Fsp3) is 0. The second-order valence-electron chi connectivity index (χ2n) is 13.9. The molecule has 0 aliphatic heterocycles. The minimum absolute atomic E-state index is 0.819. The van der Waals surface area contributed by atoms with Crippen molar-refractivity contribution in [3.63, 3.8) is 0 Å². The molecule has 0 atom stereocenters. The quantitative estimate of drug-likeness (QED) is 0.175. The molecule has 0 aliphatic rings. The first-order valence-electron chi connectivity index (χ1n) is 18.0. The van der Waals surface area contributed by atoms with E-state index in [9.17, 15) is 0 Å². The zero-order valence-electron chi connectivity index (χ0n) is 28.4. The Morgan fingerprint density at radius 1 is 0.302 bits per heavy atom. The average Bonchev–Trinajstić information content (AvgIpc) is 3.93. The highest BCUT2D eigenvalue weighted by Gasteiger charge is 2.21. The maximum Gasteiger partial charge on any atom is 0.146 e. The molecule has 246 valence electrons. The number of benzene rings is 9. The smallest absolute Gasteiger partial charge is 0.146 e. The molecule has 53 heavy (non-hydrogen) atoms. The van der Waals surface area contributed by atoms with Crippen molar-refractivity contribution in [2.24, 2.45) is 0 Å². The predicted molar refractivity (Wildman–Crippen MR) is 220 cm³/mol. The molecule has 12 aromatic rings. The van der Waals surface area contributed by atoms with Crippen LogP contribution in [0.25, 0.3) is 121 Å². The van der Waals surface area contributed by atoms with Crippen molar-refractivity contribution in [3.05, 3.63) is 170 Å². The molecule has 0 radical (unpaired) electrons. The highest BCUT2D eigenvalue weighted by molar-refractivity contribution is 6.27. The van der Waals surface area contributed by atoms with Gasteiger partial charge in [0.05, 0.1) is 11.6 Å². The molecule has 0 spiro atoms. The molecule has 0 N–H and O–H groups in total. The normalized spacial score (nSPS) is 12.2. The molecular weight excluding hydrogens is 649 g/mol. The van der Waals surface area contributed by atoms with Crippen LogP contribution in [0.3, 0.4) is 0 Å². The first-order chi connectivity index (χ1) is 26.3.